The normalized spacial score (nSPS) is 12.9. The van der Waals surface area contributed by atoms with Crippen LogP contribution in [-0.2, 0) is 16.6 Å². The number of rotatable bonds is 6. The van der Waals surface area contributed by atoms with Gasteiger partial charge in [0.05, 0.1) is 11.5 Å². The lowest BCUT2D eigenvalue weighted by Gasteiger charge is -2.32. The summed E-state index contributed by atoms with van der Waals surface area (Å²) in [7, 11) is 0.304. The van der Waals surface area contributed by atoms with E-state index in [1.807, 2.05) is 32.8 Å². The van der Waals surface area contributed by atoms with E-state index in [0.717, 1.165) is 0 Å². The molecule has 108 valence electrons. The first-order chi connectivity index (χ1) is 8.69. The van der Waals surface area contributed by atoms with Crippen molar-refractivity contribution in [2.45, 2.75) is 30.9 Å². The largest absolute Gasteiger partial charge is 0.392 e. The van der Waals surface area contributed by atoms with Crippen LogP contribution in [-0.4, -0.2) is 44.6 Å². The van der Waals surface area contributed by atoms with Crippen molar-refractivity contribution >= 4 is 10.0 Å². The lowest BCUT2D eigenvalue weighted by atomic mass is 10.1. The zero-order chi connectivity index (χ0) is 14.7. The highest BCUT2D eigenvalue weighted by Gasteiger charge is 2.24. The zero-order valence-electron chi connectivity index (χ0n) is 11.8. The van der Waals surface area contributed by atoms with E-state index in [1.165, 1.54) is 12.1 Å². The van der Waals surface area contributed by atoms with Gasteiger partial charge in [0.1, 0.15) is 0 Å². The van der Waals surface area contributed by atoms with Crippen molar-refractivity contribution in [2.24, 2.45) is 0 Å². The minimum absolute atomic E-state index is 0.0958. The molecule has 0 aliphatic heterocycles. The second-order valence-corrected chi connectivity index (χ2v) is 7.10. The smallest absolute Gasteiger partial charge is 0.240 e. The van der Waals surface area contributed by atoms with Crippen LogP contribution < -0.4 is 4.72 Å². The van der Waals surface area contributed by atoms with E-state index in [2.05, 4.69) is 4.72 Å². The maximum atomic E-state index is 12.1. The Labute approximate surface area is 115 Å². The van der Waals surface area contributed by atoms with E-state index in [9.17, 15) is 8.42 Å². The molecule has 0 radical (unpaired) electrons. The number of hydrogen-bond donors (Lipinski definition) is 2. The van der Waals surface area contributed by atoms with Gasteiger partial charge in [0, 0.05) is 12.1 Å². The Morgan fingerprint density at radius 1 is 1.21 bits per heavy atom. The second kappa shape index (κ2) is 6.00. The fourth-order valence-electron chi connectivity index (χ4n) is 1.29. The summed E-state index contributed by atoms with van der Waals surface area (Å²) in [5.74, 6) is 0. The Hall–Kier alpha value is -0.950. The van der Waals surface area contributed by atoms with Gasteiger partial charge in [-0.3, -0.25) is 0 Å². The third-order valence-corrected chi connectivity index (χ3v) is 4.74. The minimum Gasteiger partial charge on any atom is -0.392 e. The van der Waals surface area contributed by atoms with Crippen LogP contribution in [0.5, 0.6) is 0 Å². The lowest BCUT2D eigenvalue weighted by Crippen LogP contribution is -2.48. The summed E-state index contributed by atoms with van der Waals surface area (Å²) in [5.41, 5.74) is 0.422. The Balaban J connectivity index is 2.81. The molecule has 2 N–H and O–H groups in total. The van der Waals surface area contributed by atoms with Crippen molar-refractivity contribution in [3.63, 3.8) is 0 Å². The molecule has 0 saturated heterocycles. The Morgan fingerprint density at radius 2 is 1.74 bits per heavy atom. The standard InChI is InChI=1S/C13H22N2O3S/c1-13(2,15(3)4)10-14-19(17,18)12-7-5-11(9-16)6-8-12/h5-8,14,16H,9-10H2,1-4H3. The highest BCUT2D eigenvalue weighted by Crippen LogP contribution is 2.13. The van der Waals surface area contributed by atoms with Crippen LogP contribution in [0.15, 0.2) is 29.2 Å². The van der Waals surface area contributed by atoms with Crippen molar-refractivity contribution in [3.8, 4) is 0 Å². The van der Waals surface area contributed by atoms with Crippen molar-refractivity contribution < 1.29 is 13.5 Å². The molecule has 0 saturated carbocycles. The van der Waals surface area contributed by atoms with E-state index in [1.54, 1.807) is 12.1 Å². The van der Waals surface area contributed by atoms with E-state index in [-0.39, 0.29) is 17.0 Å². The number of benzene rings is 1. The van der Waals surface area contributed by atoms with Crippen molar-refractivity contribution in [1.29, 1.82) is 0 Å². The van der Waals surface area contributed by atoms with Gasteiger partial charge in [-0.15, -0.1) is 0 Å². The van der Waals surface area contributed by atoms with Gasteiger partial charge < -0.3 is 10.0 Å². The molecular weight excluding hydrogens is 264 g/mol. The fraction of sp³-hybridized carbons (Fsp3) is 0.538. The van der Waals surface area contributed by atoms with Crippen LogP contribution in [0.4, 0.5) is 0 Å². The summed E-state index contributed by atoms with van der Waals surface area (Å²) in [4.78, 5) is 2.17. The van der Waals surface area contributed by atoms with Crippen LogP contribution in [0.1, 0.15) is 19.4 Å². The summed E-state index contributed by atoms with van der Waals surface area (Å²) in [5, 5.41) is 8.93. The molecule has 1 aromatic rings. The van der Waals surface area contributed by atoms with Crippen molar-refractivity contribution in [2.75, 3.05) is 20.6 Å². The SMILES string of the molecule is CN(C)C(C)(C)CNS(=O)(=O)c1ccc(CO)cc1. The minimum atomic E-state index is -3.51. The molecule has 0 fully saturated rings. The summed E-state index contributed by atoms with van der Waals surface area (Å²) in [6.45, 7) is 4.15. The number of likely N-dealkylation sites (N-methyl/N-ethyl adjacent to an activating group) is 1. The predicted molar refractivity (Wildman–Crippen MR) is 75.3 cm³/mol. The quantitative estimate of drug-likeness (QED) is 0.811. The Bertz CT molecular complexity index is 507. The average Bonchev–Trinajstić information content (AvgIpc) is 2.36. The maximum Gasteiger partial charge on any atom is 0.240 e. The fourth-order valence-corrected chi connectivity index (χ4v) is 2.49. The molecular formula is C13H22N2O3S. The molecule has 0 aliphatic carbocycles. The van der Waals surface area contributed by atoms with Crippen LogP contribution in [0, 0.1) is 0 Å². The van der Waals surface area contributed by atoms with Gasteiger partial charge in [0.15, 0.2) is 0 Å². The third kappa shape index (κ3) is 4.28. The first-order valence-corrected chi connectivity index (χ1v) is 7.54. The van der Waals surface area contributed by atoms with E-state index in [0.29, 0.717) is 12.1 Å². The molecule has 0 aliphatic rings. The van der Waals surface area contributed by atoms with E-state index in [4.69, 9.17) is 5.11 Å². The molecule has 1 aromatic carbocycles. The first-order valence-electron chi connectivity index (χ1n) is 6.06. The Morgan fingerprint density at radius 3 is 2.16 bits per heavy atom. The van der Waals surface area contributed by atoms with Gasteiger partial charge >= 0.3 is 0 Å². The third-order valence-electron chi connectivity index (χ3n) is 3.32. The lowest BCUT2D eigenvalue weighted by molar-refractivity contribution is 0.199. The summed E-state index contributed by atoms with van der Waals surface area (Å²) in [6, 6.07) is 6.20. The number of nitrogens with one attached hydrogen (secondary N) is 1. The Kier molecular flexibility index (Phi) is 5.09. The van der Waals surface area contributed by atoms with Crippen molar-refractivity contribution in [1.82, 2.24) is 9.62 Å². The predicted octanol–water partition coefficient (Wildman–Crippen LogP) is 0.797. The molecule has 0 spiro atoms. The molecule has 0 amide bonds. The van der Waals surface area contributed by atoms with Gasteiger partial charge in [-0.05, 0) is 45.6 Å². The topological polar surface area (TPSA) is 69.6 Å². The summed E-state index contributed by atoms with van der Waals surface area (Å²) < 4.78 is 26.8. The molecule has 0 atom stereocenters. The molecule has 0 heterocycles. The summed E-state index contributed by atoms with van der Waals surface area (Å²) >= 11 is 0. The molecule has 0 unspecified atom stereocenters. The molecule has 0 aromatic heterocycles. The number of hydrogen-bond acceptors (Lipinski definition) is 4. The van der Waals surface area contributed by atoms with Crippen LogP contribution in [0.3, 0.4) is 0 Å². The molecule has 5 nitrogen and oxygen atoms in total. The van der Waals surface area contributed by atoms with Crippen LogP contribution in [0.25, 0.3) is 0 Å². The number of aliphatic hydroxyl groups excluding tert-OH is 1. The van der Waals surface area contributed by atoms with E-state index >= 15 is 0 Å². The van der Waals surface area contributed by atoms with E-state index < -0.39 is 10.0 Å². The number of aliphatic hydroxyl groups is 1. The van der Waals surface area contributed by atoms with Crippen LogP contribution >= 0.6 is 0 Å². The highest BCUT2D eigenvalue weighted by molar-refractivity contribution is 7.89. The average molecular weight is 286 g/mol. The first kappa shape index (κ1) is 16.1. The molecule has 0 bridgehead atoms. The molecule has 1 rings (SSSR count). The number of nitrogens with zero attached hydrogens (tertiary/aromatic N) is 1. The van der Waals surface area contributed by atoms with Crippen LogP contribution in [0.2, 0.25) is 0 Å². The monoisotopic (exact) mass is 286 g/mol. The zero-order valence-corrected chi connectivity index (χ0v) is 12.7. The highest BCUT2D eigenvalue weighted by atomic mass is 32.2. The van der Waals surface area contributed by atoms with Gasteiger partial charge in [0.2, 0.25) is 10.0 Å². The van der Waals surface area contributed by atoms with Gasteiger partial charge in [-0.25, -0.2) is 13.1 Å². The molecule has 19 heavy (non-hydrogen) atoms. The number of sulfonamides is 1. The van der Waals surface area contributed by atoms with Crippen molar-refractivity contribution in [3.05, 3.63) is 29.8 Å². The van der Waals surface area contributed by atoms with Gasteiger partial charge in [-0.1, -0.05) is 12.1 Å². The van der Waals surface area contributed by atoms with Gasteiger partial charge in [0.25, 0.3) is 0 Å². The molecule has 6 heteroatoms. The van der Waals surface area contributed by atoms with Gasteiger partial charge in [-0.2, -0.15) is 0 Å². The maximum absolute atomic E-state index is 12.1. The summed E-state index contributed by atoms with van der Waals surface area (Å²) in [6.07, 6.45) is 0. The second-order valence-electron chi connectivity index (χ2n) is 5.33.